The zero-order valence-electron chi connectivity index (χ0n) is 17.0. The van der Waals surface area contributed by atoms with E-state index in [9.17, 15) is 9.59 Å². The van der Waals surface area contributed by atoms with E-state index in [1.807, 2.05) is 60.8 Å². The number of benzene rings is 2. The number of H-pyrrole nitrogens is 1. The molecule has 0 saturated heterocycles. The Balaban J connectivity index is 1.33. The quantitative estimate of drug-likeness (QED) is 0.520. The monoisotopic (exact) mass is 410 g/mol. The second-order valence-corrected chi connectivity index (χ2v) is 7.69. The number of nitrogens with one attached hydrogen (secondary N) is 2. The molecule has 0 unspecified atom stereocenters. The van der Waals surface area contributed by atoms with Crippen LogP contribution in [0.4, 0.5) is 5.69 Å². The normalized spacial score (nSPS) is 12.9. The standard InChI is InChI=1S/C25H22N4O2/c30-24(21-13-14-22(28-25(21)31)17-6-2-1-3-7-17)27-19-11-9-18(10-12-19)23-26-16-20-8-4-5-15-29(20)23/h1-3,6-7,9-14,16H,4-5,8,15H2,(H,27,30)(H,28,31). The van der Waals surface area contributed by atoms with Gasteiger partial charge < -0.3 is 14.9 Å². The van der Waals surface area contributed by atoms with Crippen molar-refractivity contribution in [1.29, 1.82) is 0 Å². The molecule has 0 fully saturated rings. The van der Waals surface area contributed by atoms with E-state index in [1.165, 1.54) is 18.5 Å². The molecule has 6 heteroatoms. The first-order valence-electron chi connectivity index (χ1n) is 10.4. The van der Waals surface area contributed by atoms with Gasteiger partial charge in [-0.3, -0.25) is 9.59 Å². The van der Waals surface area contributed by atoms with Gasteiger partial charge in [-0.25, -0.2) is 4.98 Å². The molecule has 3 heterocycles. The number of carbonyl (C=O) groups is 1. The first-order chi connectivity index (χ1) is 15.2. The molecule has 0 saturated carbocycles. The van der Waals surface area contributed by atoms with Gasteiger partial charge >= 0.3 is 0 Å². The van der Waals surface area contributed by atoms with E-state index in [0.29, 0.717) is 11.4 Å². The van der Waals surface area contributed by atoms with Crippen molar-refractivity contribution in [2.75, 3.05) is 5.32 Å². The number of pyridine rings is 1. The molecule has 1 aliphatic rings. The molecule has 0 aliphatic carbocycles. The molecule has 2 aromatic heterocycles. The van der Waals surface area contributed by atoms with Gasteiger partial charge in [-0.1, -0.05) is 30.3 Å². The Hall–Kier alpha value is -3.93. The van der Waals surface area contributed by atoms with Crippen LogP contribution in [-0.2, 0) is 13.0 Å². The van der Waals surface area contributed by atoms with Crippen molar-refractivity contribution in [3.8, 4) is 22.6 Å². The molecule has 31 heavy (non-hydrogen) atoms. The van der Waals surface area contributed by atoms with Crippen molar-refractivity contribution in [2.45, 2.75) is 25.8 Å². The molecule has 0 radical (unpaired) electrons. The lowest BCUT2D eigenvalue weighted by Gasteiger charge is -2.16. The molecule has 5 rings (SSSR count). The van der Waals surface area contributed by atoms with Crippen LogP contribution < -0.4 is 10.9 Å². The number of nitrogens with zero attached hydrogens (tertiary/aromatic N) is 2. The van der Waals surface area contributed by atoms with Crippen LogP contribution in [-0.4, -0.2) is 20.4 Å². The highest BCUT2D eigenvalue weighted by Gasteiger charge is 2.16. The second-order valence-electron chi connectivity index (χ2n) is 7.69. The SMILES string of the molecule is O=C(Nc1ccc(-c2ncc3n2CCCC3)cc1)c1ccc(-c2ccccc2)[nH]c1=O. The van der Waals surface area contributed by atoms with Crippen LogP contribution in [0.25, 0.3) is 22.6 Å². The lowest BCUT2D eigenvalue weighted by Crippen LogP contribution is -2.23. The molecular formula is C25H22N4O2. The number of imidazole rings is 1. The third-order valence-electron chi connectivity index (χ3n) is 5.64. The van der Waals surface area contributed by atoms with Crippen molar-refractivity contribution in [1.82, 2.24) is 14.5 Å². The molecule has 0 atom stereocenters. The zero-order valence-corrected chi connectivity index (χ0v) is 17.0. The van der Waals surface area contributed by atoms with Gasteiger partial charge in [0.15, 0.2) is 0 Å². The Kier molecular flexibility index (Phi) is 4.96. The summed E-state index contributed by atoms with van der Waals surface area (Å²) < 4.78 is 2.27. The minimum atomic E-state index is -0.438. The number of fused-ring (bicyclic) bond motifs is 1. The van der Waals surface area contributed by atoms with Crippen molar-refractivity contribution < 1.29 is 4.79 Å². The van der Waals surface area contributed by atoms with Gasteiger partial charge in [0.05, 0.1) is 0 Å². The number of aryl methyl sites for hydroxylation is 1. The van der Waals surface area contributed by atoms with Crippen molar-refractivity contribution in [2.24, 2.45) is 0 Å². The van der Waals surface area contributed by atoms with Gasteiger partial charge in [-0.15, -0.1) is 0 Å². The van der Waals surface area contributed by atoms with Crippen molar-refractivity contribution >= 4 is 11.6 Å². The Bertz CT molecular complexity index is 1290. The molecule has 1 amide bonds. The van der Waals surface area contributed by atoms with Gasteiger partial charge in [0.1, 0.15) is 11.4 Å². The van der Waals surface area contributed by atoms with Crippen molar-refractivity contribution in [3.63, 3.8) is 0 Å². The predicted octanol–water partition coefficient (Wildman–Crippen LogP) is 4.49. The van der Waals surface area contributed by atoms with Crippen LogP contribution in [0.3, 0.4) is 0 Å². The van der Waals surface area contributed by atoms with Gasteiger partial charge in [0.2, 0.25) is 0 Å². The topological polar surface area (TPSA) is 79.8 Å². The minimum absolute atomic E-state index is 0.0751. The number of hydrogen-bond acceptors (Lipinski definition) is 3. The van der Waals surface area contributed by atoms with Gasteiger partial charge in [0, 0.05) is 35.4 Å². The van der Waals surface area contributed by atoms with Crippen LogP contribution in [0.15, 0.2) is 77.7 Å². The van der Waals surface area contributed by atoms with Gasteiger partial charge in [-0.2, -0.15) is 0 Å². The van der Waals surface area contributed by atoms with Crippen LogP contribution in [0, 0.1) is 0 Å². The van der Waals surface area contributed by atoms with E-state index < -0.39 is 11.5 Å². The fourth-order valence-electron chi connectivity index (χ4n) is 4.01. The summed E-state index contributed by atoms with van der Waals surface area (Å²) in [4.78, 5) is 32.5. The molecular weight excluding hydrogens is 388 g/mol. The average Bonchev–Trinajstić information content (AvgIpc) is 3.24. The Morgan fingerprint density at radius 3 is 2.52 bits per heavy atom. The largest absolute Gasteiger partial charge is 0.328 e. The first kappa shape index (κ1) is 19.1. The summed E-state index contributed by atoms with van der Waals surface area (Å²) in [5, 5.41) is 2.81. The number of anilines is 1. The van der Waals surface area contributed by atoms with Gasteiger partial charge in [0.25, 0.3) is 11.5 Å². The summed E-state index contributed by atoms with van der Waals surface area (Å²) in [6.07, 6.45) is 5.40. The maximum Gasteiger partial charge on any atom is 0.261 e. The molecule has 6 nitrogen and oxygen atoms in total. The lowest BCUT2D eigenvalue weighted by atomic mass is 10.1. The maximum absolute atomic E-state index is 12.6. The summed E-state index contributed by atoms with van der Waals surface area (Å²) in [6, 6.07) is 20.4. The van der Waals surface area contributed by atoms with E-state index in [4.69, 9.17) is 0 Å². The Morgan fingerprint density at radius 2 is 1.74 bits per heavy atom. The van der Waals surface area contributed by atoms with Crippen LogP contribution >= 0.6 is 0 Å². The Morgan fingerprint density at radius 1 is 0.935 bits per heavy atom. The van der Waals surface area contributed by atoms with Crippen LogP contribution in [0.5, 0.6) is 0 Å². The summed E-state index contributed by atoms with van der Waals surface area (Å²) in [6.45, 7) is 0.991. The fraction of sp³-hybridized carbons (Fsp3) is 0.160. The molecule has 2 aromatic carbocycles. The van der Waals surface area contributed by atoms with Crippen molar-refractivity contribution in [3.05, 3.63) is 94.5 Å². The van der Waals surface area contributed by atoms with E-state index >= 15 is 0 Å². The first-order valence-corrected chi connectivity index (χ1v) is 10.4. The number of rotatable bonds is 4. The highest BCUT2D eigenvalue weighted by atomic mass is 16.2. The summed E-state index contributed by atoms with van der Waals surface area (Å²) in [5.41, 5.74) is 4.14. The highest BCUT2D eigenvalue weighted by molar-refractivity contribution is 6.04. The Labute approximate surface area is 179 Å². The lowest BCUT2D eigenvalue weighted by molar-refractivity contribution is 0.102. The summed E-state index contributed by atoms with van der Waals surface area (Å²) in [7, 11) is 0. The van der Waals surface area contributed by atoms with Crippen LogP contribution in [0.2, 0.25) is 0 Å². The second kappa shape index (κ2) is 8.07. The zero-order chi connectivity index (χ0) is 21.2. The number of amides is 1. The molecule has 2 N–H and O–H groups in total. The number of carbonyl (C=O) groups excluding carboxylic acids is 1. The molecule has 1 aliphatic heterocycles. The van der Waals surface area contributed by atoms with Crippen LogP contribution in [0.1, 0.15) is 28.9 Å². The summed E-state index contributed by atoms with van der Waals surface area (Å²) in [5.74, 6) is 0.521. The van der Waals surface area contributed by atoms with E-state index in [1.54, 1.807) is 12.1 Å². The van der Waals surface area contributed by atoms with E-state index in [0.717, 1.165) is 29.9 Å². The smallest absolute Gasteiger partial charge is 0.261 e. The molecule has 0 spiro atoms. The summed E-state index contributed by atoms with van der Waals surface area (Å²) >= 11 is 0. The average molecular weight is 410 g/mol. The third-order valence-corrected chi connectivity index (χ3v) is 5.64. The fourth-order valence-corrected chi connectivity index (χ4v) is 4.01. The number of hydrogen-bond donors (Lipinski definition) is 2. The highest BCUT2D eigenvalue weighted by Crippen LogP contribution is 2.25. The number of aromatic nitrogens is 3. The molecule has 0 bridgehead atoms. The van der Waals surface area contributed by atoms with Gasteiger partial charge in [-0.05, 0) is 61.2 Å². The van der Waals surface area contributed by atoms with E-state index in [-0.39, 0.29) is 5.56 Å². The maximum atomic E-state index is 12.6. The third kappa shape index (κ3) is 3.80. The molecule has 4 aromatic rings. The minimum Gasteiger partial charge on any atom is -0.328 e. The number of aromatic amines is 1. The predicted molar refractivity (Wildman–Crippen MR) is 121 cm³/mol. The van der Waals surface area contributed by atoms with E-state index in [2.05, 4.69) is 19.9 Å². The molecule has 154 valence electrons.